The second kappa shape index (κ2) is 8.16. The Balaban J connectivity index is 1.87. The van der Waals surface area contributed by atoms with E-state index in [0.717, 1.165) is 17.3 Å². The highest BCUT2D eigenvalue weighted by Crippen LogP contribution is 2.33. The molecule has 0 aliphatic carbocycles. The van der Waals surface area contributed by atoms with Gasteiger partial charge in [-0.05, 0) is 29.8 Å². The van der Waals surface area contributed by atoms with Crippen molar-refractivity contribution < 1.29 is 14.7 Å². The van der Waals surface area contributed by atoms with E-state index >= 15 is 0 Å². The first-order valence-corrected chi connectivity index (χ1v) is 8.94. The van der Waals surface area contributed by atoms with Crippen LogP contribution in [0.3, 0.4) is 0 Å². The van der Waals surface area contributed by atoms with Gasteiger partial charge in [-0.1, -0.05) is 53.7 Å². The lowest BCUT2D eigenvalue weighted by molar-refractivity contribution is -0.138. The maximum atomic E-state index is 12.6. The molecule has 2 aromatic rings. The lowest BCUT2D eigenvalue weighted by Crippen LogP contribution is -2.32. The summed E-state index contributed by atoms with van der Waals surface area (Å²) in [5, 5.41) is 17.4. The number of nitrogens with zero attached hydrogens (tertiary/aromatic N) is 3. The number of carbonyl (C=O) groups is 2. The zero-order valence-corrected chi connectivity index (χ0v) is 15.0. The molecule has 1 amide bonds. The summed E-state index contributed by atoms with van der Waals surface area (Å²) in [6.07, 6.45) is 1.27. The van der Waals surface area contributed by atoms with Gasteiger partial charge in [0.05, 0.1) is 18.3 Å². The quantitative estimate of drug-likeness (QED) is 0.627. The summed E-state index contributed by atoms with van der Waals surface area (Å²) in [5.41, 5.74) is 1.43. The highest BCUT2D eigenvalue weighted by Gasteiger charge is 2.40. The fourth-order valence-electron chi connectivity index (χ4n) is 2.33. The summed E-state index contributed by atoms with van der Waals surface area (Å²) in [6, 6.07) is 16.0. The third-order valence-electron chi connectivity index (χ3n) is 3.53. The van der Waals surface area contributed by atoms with E-state index in [4.69, 9.17) is 16.7 Å². The normalized spacial score (nSPS) is 18.8. The Kier molecular flexibility index (Phi) is 5.70. The van der Waals surface area contributed by atoms with Gasteiger partial charge in [-0.15, -0.1) is 5.10 Å². The lowest BCUT2D eigenvalue weighted by atomic mass is 10.2. The van der Waals surface area contributed by atoms with Crippen molar-refractivity contribution >= 4 is 52.3 Å². The van der Waals surface area contributed by atoms with Gasteiger partial charge in [0.1, 0.15) is 5.25 Å². The van der Waals surface area contributed by atoms with Crippen molar-refractivity contribution in [1.82, 2.24) is 0 Å². The number of aliphatic carboxylic acids is 1. The third-order valence-corrected chi connectivity index (χ3v) is 4.91. The number of halogens is 1. The molecular weight excluding hydrogens is 374 g/mol. The number of rotatable bonds is 5. The molecule has 6 nitrogen and oxygen atoms in total. The number of anilines is 1. The van der Waals surface area contributed by atoms with E-state index in [2.05, 4.69) is 10.2 Å². The Labute approximate surface area is 159 Å². The SMILES string of the molecule is O=C(O)CC1SC(=NN=Cc2ccc(Cl)cc2)N(c2ccccc2)C1=O. The first kappa shape index (κ1) is 18.2. The van der Waals surface area contributed by atoms with E-state index in [9.17, 15) is 9.59 Å². The molecule has 0 saturated carbocycles. The minimum Gasteiger partial charge on any atom is -0.481 e. The average molecular weight is 388 g/mol. The molecular formula is C18H14ClN3O3S. The summed E-state index contributed by atoms with van der Waals surface area (Å²) in [4.78, 5) is 25.0. The molecule has 1 saturated heterocycles. The van der Waals surface area contributed by atoms with Crippen molar-refractivity contribution in [2.45, 2.75) is 11.7 Å². The number of amidine groups is 1. The molecule has 1 N–H and O–H groups in total. The van der Waals surface area contributed by atoms with Crippen LogP contribution in [0, 0.1) is 0 Å². The van der Waals surface area contributed by atoms with E-state index in [1.165, 1.54) is 4.90 Å². The van der Waals surface area contributed by atoms with Crippen LogP contribution in [0.25, 0.3) is 0 Å². The van der Waals surface area contributed by atoms with Gasteiger partial charge in [0, 0.05) is 5.02 Å². The summed E-state index contributed by atoms with van der Waals surface area (Å²) in [6.45, 7) is 0. The molecule has 1 unspecified atom stereocenters. The second-order valence-corrected chi connectivity index (χ2v) is 7.00. The zero-order valence-electron chi connectivity index (χ0n) is 13.4. The maximum absolute atomic E-state index is 12.6. The zero-order chi connectivity index (χ0) is 18.5. The molecule has 132 valence electrons. The predicted octanol–water partition coefficient (Wildman–Crippen LogP) is 3.65. The van der Waals surface area contributed by atoms with Crippen molar-refractivity contribution in [3.63, 3.8) is 0 Å². The molecule has 1 aliphatic rings. The highest BCUT2D eigenvalue weighted by atomic mass is 35.5. The van der Waals surface area contributed by atoms with Gasteiger partial charge in [-0.25, -0.2) is 0 Å². The van der Waals surface area contributed by atoms with Crippen molar-refractivity contribution in [3.8, 4) is 0 Å². The smallest absolute Gasteiger partial charge is 0.305 e. The summed E-state index contributed by atoms with van der Waals surface area (Å²) < 4.78 is 0. The molecule has 0 spiro atoms. The lowest BCUT2D eigenvalue weighted by Gasteiger charge is -2.15. The number of carboxylic acids is 1. The van der Waals surface area contributed by atoms with Crippen LogP contribution in [-0.4, -0.2) is 33.6 Å². The largest absolute Gasteiger partial charge is 0.481 e. The van der Waals surface area contributed by atoms with Gasteiger partial charge >= 0.3 is 5.97 Å². The van der Waals surface area contributed by atoms with Crippen LogP contribution in [0.1, 0.15) is 12.0 Å². The van der Waals surface area contributed by atoms with E-state index < -0.39 is 11.2 Å². The monoisotopic (exact) mass is 387 g/mol. The number of carboxylic acid groups (broad SMARTS) is 1. The molecule has 0 radical (unpaired) electrons. The van der Waals surface area contributed by atoms with Crippen LogP contribution < -0.4 is 4.90 Å². The molecule has 1 fully saturated rings. The first-order valence-electron chi connectivity index (χ1n) is 7.68. The van der Waals surface area contributed by atoms with E-state index in [0.29, 0.717) is 15.9 Å². The number of amides is 1. The standard InChI is InChI=1S/C18H14ClN3O3S/c19-13-8-6-12(7-9-13)11-20-21-18-22(14-4-2-1-3-5-14)17(25)15(26-18)10-16(23)24/h1-9,11,15H,10H2,(H,23,24). The van der Waals surface area contributed by atoms with Gasteiger partial charge < -0.3 is 5.11 Å². The van der Waals surface area contributed by atoms with Crippen molar-refractivity contribution in [2.75, 3.05) is 4.90 Å². The molecule has 3 rings (SSSR count). The summed E-state index contributed by atoms with van der Waals surface area (Å²) in [7, 11) is 0. The molecule has 1 atom stereocenters. The number of thioether (sulfide) groups is 1. The fraction of sp³-hybridized carbons (Fsp3) is 0.111. The van der Waals surface area contributed by atoms with Crippen LogP contribution in [0.5, 0.6) is 0 Å². The Morgan fingerprint density at radius 2 is 1.88 bits per heavy atom. The van der Waals surface area contributed by atoms with Crippen LogP contribution in [-0.2, 0) is 9.59 Å². The number of hydrogen-bond acceptors (Lipinski definition) is 5. The minimum absolute atomic E-state index is 0.271. The Morgan fingerprint density at radius 1 is 1.19 bits per heavy atom. The minimum atomic E-state index is -1.03. The van der Waals surface area contributed by atoms with Gasteiger partial charge in [0.2, 0.25) is 5.91 Å². The van der Waals surface area contributed by atoms with E-state index in [1.807, 2.05) is 6.07 Å². The van der Waals surface area contributed by atoms with Crippen molar-refractivity contribution in [3.05, 3.63) is 65.2 Å². The molecule has 1 heterocycles. The number of para-hydroxylation sites is 1. The number of carbonyl (C=O) groups excluding carboxylic acids is 1. The Morgan fingerprint density at radius 3 is 2.54 bits per heavy atom. The Hall–Kier alpha value is -2.64. The predicted molar refractivity (Wildman–Crippen MR) is 104 cm³/mol. The first-order chi connectivity index (χ1) is 12.5. The topological polar surface area (TPSA) is 82.3 Å². The van der Waals surface area contributed by atoms with E-state index in [1.54, 1.807) is 54.7 Å². The molecule has 0 aromatic heterocycles. The van der Waals surface area contributed by atoms with Crippen molar-refractivity contribution in [2.24, 2.45) is 10.2 Å². The van der Waals surface area contributed by atoms with Crippen LogP contribution in [0.15, 0.2) is 64.8 Å². The molecule has 26 heavy (non-hydrogen) atoms. The van der Waals surface area contributed by atoms with Gasteiger partial charge in [-0.2, -0.15) is 5.10 Å². The van der Waals surface area contributed by atoms with Gasteiger partial charge in [-0.3, -0.25) is 14.5 Å². The van der Waals surface area contributed by atoms with Gasteiger partial charge in [0.25, 0.3) is 0 Å². The van der Waals surface area contributed by atoms with Crippen LogP contribution in [0.4, 0.5) is 5.69 Å². The van der Waals surface area contributed by atoms with Crippen LogP contribution >= 0.6 is 23.4 Å². The molecule has 0 bridgehead atoms. The number of benzene rings is 2. The van der Waals surface area contributed by atoms with Crippen molar-refractivity contribution in [1.29, 1.82) is 0 Å². The highest BCUT2D eigenvalue weighted by molar-refractivity contribution is 8.16. The second-order valence-electron chi connectivity index (χ2n) is 5.39. The molecule has 8 heteroatoms. The average Bonchev–Trinajstić information content (AvgIpc) is 2.92. The fourth-order valence-corrected chi connectivity index (χ4v) is 3.54. The van der Waals surface area contributed by atoms with E-state index in [-0.39, 0.29) is 12.3 Å². The van der Waals surface area contributed by atoms with Crippen LogP contribution in [0.2, 0.25) is 5.02 Å². The number of hydrogen-bond donors (Lipinski definition) is 1. The summed E-state index contributed by atoms with van der Waals surface area (Å²) in [5.74, 6) is -1.35. The molecule has 2 aromatic carbocycles. The summed E-state index contributed by atoms with van der Waals surface area (Å²) >= 11 is 6.94. The van der Waals surface area contributed by atoms with Gasteiger partial charge in [0.15, 0.2) is 5.17 Å². The Bertz CT molecular complexity index is 869. The maximum Gasteiger partial charge on any atom is 0.305 e. The molecule has 1 aliphatic heterocycles. The third kappa shape index (κ3) is 4.30.